The molecule has 21 heavy (non-hydrogen) atoms. The fourth-order valence-electron chi connectivity index (χ4n) is 2.53. The summed E-state index contributed by atoms with van der Waals surface area (Å²) in [6.45, 7) is 3.07. The highest BCUT2D eigenvalue weighted by atomic mass is 16.5. The summed E-state index contributed by atoms with van der Waals surface area (Å²) in [6, 6.07) is 2.65. The van der Waals surface area contributed by atoms with Crippen LogP contribution in [0.3, 0.4) is 0 Å². The van der Waals surface area contributed by atoms with Crippen LogP contribution >= 0.6 is 0 Å². The van der Waals surface area contributed by atoms with Gasteiger partial charge in [-0.15, -0.1) is 0 Å². The van der Waals surface area contributed by atoms with E-state index < -0.39 is 23.7 Å². The maximum Gasteiger partial charge on any atom is 0.196 e. The number of aliphatic hydroxyl groups excluding tert-OH is 2. The SMILES string of the molecule is CC1(C)Oc2cc3oc(CO)cc(=O)c3c(O)c2C[C@H]1O. The maximum atomic E-state index is 12.0. The van der Waals surface area contributed by atoms with Crippen LogP contribution < -0.4 is 10.2 Å². The largest absolute Gasteiger partial charge is 0.507 e. The van der Waals surface area contributed by atoms with Gasteiger partial charge in [-0.2, -0.15) is 0 Å². The minimum Gasteiger partial charge on any atom is -0.507 e. The molecule has 2 heterocycles. The monoisotopic (exact) mass is 292 g/mol. The molecular formula is C15H16O6. The van der Waals surface area contributed by atoms with E-state index in [4.69, 9.17) is 14.3 Å². The van der Waals surface area contributed by atoms with Gasteiger partial charge in [-0.3, -0.25) is 4.79 Å². The summed E-state index contributed by atoms with van der Waals surface area (Å²) in [6.07, 6.45) is -0.609. The number of benzene rings is 1. The summed E-state index contributed by atoms with van der Waals surface area (Å²) in [7, 11) is 0. The first-order valence-electron chi connectivity index (χ1n) is 6.63. The van der Waals surface area contributed by atoms with E-state index in [2.05, 4.69) is 0 Å². The van der Waals surface area contributed by atoms with E-state index in [-0.39, 0.29) is 28.9 Å². The van der Waals surface area contributed by atoms with E-state index in [0.29, 0.717) is 11.3 Å². The first-order chi connectivity index (χ1) is 9.83. The van der Waals surface area contributed by atoms with E-state index in [1.807, 2.05) is 0 Å². The lowest BCUT2D eigenvalue weighted by atomic mass is 9.90. The van der Waals surface area contributed by atoms with E-state index in [1.54, 1.807) is 13.8 Å². The van der Waals surface area contributed by atoms with Gasteiger partial charge in [-0.1, -0.05) is 0 Å². The number of hydrogen-bond donors (Lipinski definition) is 3. The number of phenolic OH excluding ortho intramolecular Hbond substituents is 1. The highest BCUT2D eigenvalue weighted by Gasteiger charge is 2.37. The molecule has 3 N–H and O–H groups in total. The summed E-state index contributed by atoms with van der Waals surface area (Å²) >= 11 is 0. The Balaban J connectivity index is 2.31. The van der Waals surface area contributed by atoms with Crippen molar-refractivity contribution in [2.75, 3.05) is 0 Å². The second kappa shape index (κ2) is 4.47. The lowest BCUT2D eigenvalue weighted by Gasteiger charge is -2.37. The van der Waals surface area contributed by atoms with E-state index in [9.17, 15) is 15.0 Å². The van der Waals surface area contributed by atoms with Gasteiger partial charge >= 0.3 is 0 Å². The molecule has 0 saturated heterocycles. The molecule has 2 aromatic rings. The normalized spacial score (nSPS) is 20.1. The first-order valence-corrected chi connectivity index (χ1v) is 6.63. The highest BCUT2D eigenvalue weighted by Crippen LogP contribution is 2.41. The molecule has 0 bridgehead atoms. The Hall–Kier alpha value is -2.05. The number of fused-ring (bicyclic) bond motifs is 2. The second-order valence-electron chi connectivity index (χ2n) is 5.74. The quantitative estimate of drug-likeness (QED) is 0.727. The zero-order chi connectivity index (χ0) is 15.4. The van der Waals surface area contributed by atoms with Crippen molar-refractivity contribution < 1.29 is 24.5 Å². The Kier molecular flexibility index (Phi) is 2.96. The van der Waals surface area contributed by atoms with Crippen molar-refractivity contribution in [2.24, 2.45) is 0 Å². The van der Waals surface area contributed by atoms with Gasteiger partial charge in [0.15, 0.2) is 5.43 Å². The standard InChI is InChI=1S/C15H16O6/c1-15(2)12(18)4-8-10(21-15)5-11-13(14(8)19)9(17)3-7(6-16)20-11/h3,5,12,16,18-19H,4,6H2,1-2H3/t12-/m1/s1. The third-order valence-electron chi connectivity index (χ3n) is 3.84. The summed E-state index contributed by atoms with van der Waals surface area (Å²) in [5.74, 6) is 0.241. The Bertz CT molecular complexity index is 774. The predicted octanol–water partition coefficient (Wildman–Crippen LogP) is 1.07. The van der Waals surface area contributed by atoms with Gasteiger partial charge in [0.2, 0.25) is 0 Å². The van der Waals surface area contributed by atoms with Crippen LogP contribution in [0.1, 0.15) is 25.2 Å². The molecule has 0 amide bonds. The lowest BCUT2D eigenvalue weighted by Crippen LogP contribution is -2.46. The van der Waals surface area contributed by atoms with Gasteiger partial charge in [-0.25, -0.2) is 0 Å². The number of ether oxygens (including phenoxy) is 1. The minimum absolute atomic E-state index is 0.0291. The van der Waals surface area contributed by atoms with E-state index in [1.165, 1.54) is 6.07 Å². The minimum atomic E-state index is -0.804. The van der Waals surface area contributed by atoms with Gasteiger partial charge in [0.1, 0.15) is 40.4 Å². The van der Waals surface area contributed by atoms with Crippen LogP contribution in [0.25, 0.3) is 11.0 Å². The topological polar surface area (TPSA) is 100 Å². The van der Waals surface area contributed by atoms with Crippen molar-refractivity contribution >= 4 is 11.0 Å². The third kappa shape index (κ3) is 2.07. The summed E-state index contributed by atoms with van der Waals surface area (Å²) in [5, 5.41) is 29.5. The van der Waals surface area contributed by atoms with Gasteiger partial charge in [-0.05, 0) is 13.8 Å². The van der Waals surface area contributed by atoms with Crippen molar-refractivity contribution in [3.05, 3.63) is 33.7 Å². The molecule has 0 saturated carbocycles. The predicted molar refractivity (Wildman–Crippen MR) is 74.5 cm³/mol. The molecule has 3 rings (SSSR count). The Morgan fingerprint density at radius 1 is 1.38 bits per heavy atom. The number of phenols is 1. The smallest absolute Gasteiger partial charge is 0.196 e. The molecular weight excluding hydrogens is 276 g/mol. The Morgan fingerprint density at radius 3 is 2.76 bits per heavy atom. The third-order valence-corrected chi connectivity index (χ3v) is 3.84. The van der Waals surface area contributed by atoms with Crippen LogP contribution in [-0.4, -0.2) is 27.0 Å². The molecule has 0 radical (unpaired) electrons. The van der Waals surface area contributed by atoms with Gasteiger partial charge in [0, 0.05) is 24.1 Å². The zero-order valence-electron chi connectivity index (χ0n) is 11.7. The molecule has 0 aliphatic carbocycles. The van der Waals surface area contributed by atoms with Gasteiger partial charge in [0.25, 0.3) is 0 Å². The van der Waals surface area contributed by atoms with Crippen molar-refractivity contribution in [2.45, 2.75) is 38.6 Å². The zero-order valence-corrected chi connectivity index (χ0v) is 11.7. The van der Waals surface area contributed by atoms with Crippen molar-refractivity contribution in [3.8, 4) is 11.5 Å². The highest BCUT2D eigenvalue weighted by molar-refractivity contribution is 5.87. The van der Waals surface area contributed by atoms with Crippen LogP contribution in [-0.2, 0) is 13.0 Å². The van der Waals surface area contributed by atoms with Crippen molar-refractivity contribution in [3.63, 3.8) is 0 Å². The van der Waals surface area contributed by atoms with Crippen LogP contribution in [0.5, 0.6) is 11.5 Å². The Morgan fingerprint density at radius 2 is 2.10 bits per heavy atom. The number of aromatic hydroxyl groups is 1. The molecule has 0 spiro atoms. The molecule has 1 aromatic carbocycles. The van der Waals surface area contributed by atoms with Crippen LogP contribution in [0.15, 0.2) is 21.3 Å². The maximum absolute atomic E-state index is 12.0. The average molecular weight is 292 g/mol. The summed E-state index contributed by atoms with van der Waals surface area (Å²) in [5.41, 5.74) is -0.713. The molecule has 6 nitrogen and oxygen atoms in total. The van der Waals surface area contributed by atoms with Crippen molar-refractivity contribution in [1.29, 1.82) is 0 Å². The number of rotatable bonds is 1. The van der Waals surface area contributed by atoms with Crippen LogP contribution in [0, 0.1) is 0 Å². The molecule has 112 valence electrons. The molecule has 1 aliphatic heterocycles. The summed E-state index contributed by atoms with van der Waals surface area (Å²) in [4.78, 5) is 12.0. The van der Waals surface area contributed by atoms with E-state index >= 15 is 0 Å². The van der Waals surface area contributed by atoms with E-state index in [0.717, 1.165) is 6.07 Å². The molecule has 0 unspecified atom stereocenters. The molecule has 0 fully saturated rings. The van der Waals surface area contributed by atoms with Gasteiger partial charge in [0.05, 0.1) is 6.10 Å². The summed E-state index contributed by atoms with van der Waals surface area (Å²) < 4.78 is 11.1. The molecule has 1 aromatic heterocycles. The lowest BCUT2D eigenvalue weighted by molar-refractivity contribution is -0.0415. The first kappa shape index (κ1) is 13.9. The van der Waals surface area contributed by atoms with Crippen molar-refractivity contribution in [1.82, 2.24) is 0 Å². The van der Waals surface area contributed by atoms with Crippen LogP contribution in [0.2, 0.25) is 0 Å². The van der Waals surface area contributed by atoms with Crippen LogP contribution in [0.4, 0.5) is 0 Å². The van der Waals surface area contributed by atoms with Gasteiger partial charge < -0.3 is 24.5 Å². The fraction of sp³-hybridized carbons (Fsp3) is 0.400. The molecule has 6 heteroatoms. The fourth-order valence-corrected chi connectivity index (χ4v) is 2.53. The number of aliphatic hydroxyl groups is 2. The average Bonchev–Trinajstić information content (AvgIpc) is 2.40. The molecule has 1 atom stereocenters. The second-order valence-corrected chi connectivity index (χ2v) is 5.74. The number of hydrogen-bond acceptors (Lipinski definition) is 6. The molecule has 1 aliphatic rings. The Labute approximate surface area is 120 Å².